The fourth-order valence-electron chi connectivity index (χ4n) is 2.62. The lowest BCUT2D eigenvalue weighted by Gasteiger charge is -2.21. The highest BCUT2D eigenvalue weighted by Crippen LogP contribution is 2.17. The van der Waals surface area contributed by atoms with Crippen LogP contribution in [0.4, 0.5) is 5.69 Å². The van der Waals surface area contributed by atoms with E-state index in [2.05, 4.69) is 49.4 Å². The monoisotopic (exact) mass is 316 g/mol. The summed E-state index contributed by atoms with van der Waals surface area (Å²) in [5.41, 5.74) is 6.96. The van der Waals surface area contributed by atoms with Crippen LogP contribution in [0.2, 0.25) is 0 Å². The Hall–Kier alpha value is -1.88. The van der Waals surface area contributed by atoms with E-state index in [1.165, 1.54) is 22.4 Å². The van der Waals surface area contributed by atoms with Gasteiger partial charge in [-0.05, 0) is 63.2 Å². The number of rotatable bonds is 3. The van der Waals surface area contributed by atoms with Crippen molar-refractivity contribution in [1.82, 2.24) is 14.7 Å². The molecule has 0 saturated heterocycles. The molecule has 0 aliphatic carbocycles. The van der Waals surface area contributed by atoms with Crippen LogP contribution in [0.3, 0.4) is 0 Å². The first kappa shape index (κ1) is 16.5. The standard InChI is InChI=1S/C17H24N4S/c1-11-7-12(2)9-15(8-11)18-17(22)20(5)10-16-13(3)19-21(6)14(16)4/h7-9H,10H2,1-6H3,(H,18,22). The summed E-state index contributed by atoms with van der Waals surface area (Å²) in [5, 5.41) is 8.49. The summed E-state index contributed by atoms with van der Waals surface area (Å²) in [6.45, 7) is 9.06. The molecule has 118 valence electrons. The van der Waals surface area contributed by atoms with Crippen molar-refractivity contribution in [2.75, 3.05) is 12.4 Å². The Balaban J connectivity index is 2.09. The highest BCUT2D eigenvalue weighted by Gasteiger charge is 2.13. The highest BCUT2D eigenvalue weighted by atomic mass is 32.1. The third kappa shape index (κ3) is 3.65. The predicted molar refractivity (Wildman–Crippen MR) is 96.3 cm³/mol. The summed E-state index contributed by atoms with van der Waals surface area (Å²) < 4.78 is 1.92. The van der Waals surface area contributed by atoms with Crippen LogP contribution >= 0.6 is 12.2 Å². The molecule has 1 aromatic heterocycles. The van der Waals surface area contributed by atoms with Crippen LogP contribution in [0, 0.1) is 27.7 Å². The van der Waals surface area contributed by atoms with Gasteiger partial charge in [0.15, 0.2) is 5.11 Å². The van der Waals surface area contributed by atoms with Crippen molar-refractivity contribution in [2.24, 2.45) is 7.05 Å². The van der Waals surface area contributed by atoms with Crippen molar-refractivity contribution < 1.29 is 0 Å². The molecule has 22 heavy (non-hydrogen) atoms. The van der Waals surface area contributed by atoms with Crippen molar-refractivity contribution in [2.45, 2.75) is 34.2 Å². The zero-order valence-electron chi connectivity index (χ0n) is 14.2. The van der Waals surface area contributed by atoms with Crippen LogP contribution < -0.4 is 5.32 Å². The van der Waals surface area contributed by atoms with Gasteiger partial charge in [-0.15, -0.1) is 0 Å². The summed E-state index contributed by atoms with van der Waals surface area (Å²) in [4.78, 5) is 2.05. The lowest BCUT2D eigenvalue weighted by molar-refractivity contribution is 0.505. The molecule has 0 atom stereocenters. The number of nitrogens with one attached hydrogen (secondary N) is 1. The lowest BCUT2D eigenvalue weighted by atomic mass is 10.1. The molecule has 0 fully saturated rings. The van der Waals surface area contributed by atoms with Gasteiger partial charge in [-0.3, -0.25) is 4.68 Å². The fourth-order valence-corrected chi connectivity index (χ4v) is 2.80. The second-order valence-corrected chi connectivity index (χ2v) is 6.32. The molecule has 0 aliphatic rings. The van der Waals surface area contributed by atoms with Gasteiger partial charge >= 0.3 is 0 Å². The Bertz CT molecular complexity index is 683. The van der Waals surface area contributed by atoms with Gasteiger partial charge in [0.05, 0.1) is 5.69 Å². The normalized spacial score (nSPS) is 10.6. The Kier molecular flexibility index (Phi) is 4.86. The maximum Gasteiger partial charge on any atom is 0.173 e. The molecule has 2 rings (SSSR count). The molecular formula is C17H24N4S. The molecule has 0 saturated carbocycles. The molecule has 4 nitrogen and oxygen atoms in total. The Labute approximate surface area is 138 Å². The first-order valence-electron chi connectivity index (χ1n) is 7.37. The molecule has 2 aromatic rings. The molecular weight excluding hydrogens is 292 g/mol. The average Bonchev–Trinajstić information content (AvgIpc) is 2.64. The zero-order chi connectivity index (χ0) is 16.4. The molecule has 0 bridgehead atoms. The Morgan fingerprint density at radius 2 is 1.77 bits per heavy atom. The third-order valence-electron chi connectivity index (χ3n) is 3.87. The van der Waals surface area contributed by atoms with E-state index in [9.17, 15) is 0 Å². The third-order valence-corrected chi connectivity index (χ3v) is 4.29. The number of hydrogen-bond donors (Lipinski definition) is 1. The highest BCUT2D eigenvalue weighted by molar-refractivity contribution is 7.80. The van der Waals surface area contributed by atoms with E-state index in [1.54, 1.807) is 0 Å². The minimum Gasteiger partial charge on any atom is -0.348 e. The molecule has 1 N–H and O–H groups in total. The van der Waals surface area contributed by atoms with Crippen LogP contribution in [0.1, 0.15) is 28.1 Å². The summed E-state index contributed by atoms with van der Waals surface area (Å²) in [7, 11) is 3.97. The smallest absolute Gasteiger partial charge is 0.173 e. The predicted octanol–water partition coefficient (Wildman–Crippen LogP) is 3.48. The molecule has 0 amide bonds. The van der Waals surface area contributed by atoms with Crippen molar-refractivity contribution >= 4 is 23.0 Å². The number of nitrogens with zero attached hydrogens (tertiary/aromatic N) is 3. The van der Waals surface area contributed by atoms with E-state index in [1.807, 2.05) is 30.6 Å². The van der Waals surface area contributed by atoms with E-state index >= 15 is 0 Å². The van der Waals surface area contributed by atoms with Crippen LogP contribution in [0.15, 0.2) is 18.2 Å². The minimum atomic E-state index is 0.715. The maximum absolute atomic E-state index is 5.53. The summed E-state index contributed by atoms with van der Waals surface area (Å²) in [6, 6.07) is 6.36. The number of aromatic nitrogens is 2. The second kappa shape index (κ2) is 6.48. The van der Waals surface area contributed by atoms with Crippen molar-refractivity contribution in [3.63, 3.8) is 0 Å². The van der Waals surface area contributed by atoms with Gasteiger partial charge in [0.1, 0.15) is 0 Å². The first-order chi connectivity index (χ1) is 10.3. The van der Waals surface area contributed by atoms with Crippen molar-refractivity contribution in [3.8, 4) is 0 Å². The SMILES string of the molecule is Cc1cc(C)cc(NC(=S)N(C)Cc2c(C)nn(C)c2C)c1. The molecule has 1 aromatic carbocycles. The van der Waals surface area contributed by atoms with Crippen LogP contribution in [0.25, 0.3) is 0 Å². The fraction of sp³-hybridized carbons (Fsp3) is 0.412. The topological polar surface area (TPSA) is 33.1 Å². The summed E-state index contributed by atoms with van der Waals surface area (Å²) in [6.07, 6.45) is 0. The number of hydrogen-bond acceptors (Lipinski definition) is 2. The van der Waals surface area contributed by atoms with Gasteiger partial charge in [0, 0.05) is 37.6 Å². The van der Waals surface area contributed by atoms with Gasteiger partial charge in [0.2, 0.25) is 0 Å². The largest absolute Gasteiger partial charge is 0.348 e. The van der Waals surface area contributed by atoms with E-state index in [0.29, 0.717) is 5.11 Å². The number of anilines is 1. The zero-order valence-corrected chi connectivity index (χ0v) is 15.0. The Morgan fingerprint density at radius 3 is 2.27 bits per heavy atom. The minimum absolute atomic E-state index is 0.715. The maximum atomic E-state index is 5.53. The summed E-state index contributed by atoms with van der Waals surface area (Å²) in [5.74, 6) is 0. The molecule has 5 heteroatoms. The first-order valence-corrected chi connectivity index (χ1v) is 7.78. The molecule has 0 radical (unpaired) electrons. The Morgan fingerprint density at radius 1 is 1.18 bits per heavy atom. The number of aryl methyl sites for hydroxylation is 4. The molecule has 0 spiro atoms. The van der Waals surface area contributed by atoms with E-state index in [0.717, 1.165) is 17.9 Å². The quantitative estimate of drug-likeness (QED) is 0.879. The number of benzene rings is 1. The molecule has 1 heterocycles. The average molecular weight is 316 g/mol. The molecule has 0 aliphatic heterocycles. The van der Waals surface area contributed by atoms with Crippen LogP contribution in [-0.4, -0.2) is 26.8 Å². The van der Waals surface area contributed by atoms with Gasteiger partial charge in [-0.25, -0.2) is 0 Å². The van der Waals surface area contributed by atoms with Gasteiger partial charge in [-0.2, -0.15) is 5.10 Å². The van der Waals surface area contributed by atoms with Crippen LogP contribution in [0.5, 0.6) is 0 Å². The molecule has 0 unspecified atom stereocenters. The summed E-state index contributed by atoms with van der Waals surface area (Å²) >= 11 is 5.53. The van der Waals surface area contributed by atoms with Crippen LogP contribution in [-0.2, 0) is 13.6 Å². The van der Waals surface area contributed by atoms with E-state index < -0.39 is 0 Å². The lowest BCUT2D eigenvalue weighted by Crippen LogP contribution is -2.31. The second-order valence-electron chi connectivity index (χ2n) is 5.94. The van der Waals surface area contributed by atoms with Gasteiger partial charge < -0.3 is 10.2 Å². The van der Waals surface area contributed by atoms with Crippen molar-refractivity contribution in [1.29, 1.82) is 0 Å². The van der Waals surface area contributed by atoms with Crippen molar-refractivity contribution in [3.05, 3.63) is 46.3 Å². The van der Waals surface area contributed by atoms with E-state index in [4.69, 9.17) is 12.2 Å². The van der Waals surface area contributed by atoms with E-state index in [-0.39, 0.29) is 0 Å². The number of thiocarbonyl (C=S) groups is 1. The van der Waals surface area contributed by atoms with Gasteiger partial charge in [0.25, 0.3) is 0 Å². The van der Waals surface area contributed by atoms with Gasteiger partial charge in [-0.1, -0.05) is 6.07 Å².